The zero-order chi connectivity index (χ0) is 13.8. The number of rotatable bonds is 6. The highest BCUT2D eigenvalue weighted by atomic mass is 35.5. The van der Waals surface area contributed by atoms with Crippen molar-refractivity contribution in [1.29, 1.82) is 0 Å². The van der Waals surface area contributed by atoms with Gasteiger partial charge in [0.25, 0.3) is 0 Å². The van der Waals surface area contributed by atoms with E-state index < -0.39 is 11.4 Å². The third kappa shape index (κ3) is 3.30. The fourth-order valence-electron chi connectivity index (χ4n) is 1.75. The van der Waals surface area contributed by atoms with Gasteiger partial charge in [-0.15, -0.1) is 0 Å². The van der Waals surface area contributed by atoms with Crippen LogP contribution in [0.3, 0.4) is 0 Å². The molecule has 1 unspecified atom stereocenters. The summed E-state index contributed by atoms with van der Waals surface area (Å²) in [6.07, 6.45) is 0.502. The average Bonchev–Trinajstić information content (AvgIpc) is 2.34. The van der Waals surface area contributed by atoms with E-state index in [2.05, 4.69) is 0 Å². The van der Waals surface area contributed by atoms with Crippen molar-refractivity contribution >= 4 is 17.4 Å². The van der Waals surface area contributed by atoms with Crippen molar-refractivity contribution in [2.24, 2.45) is 0 Å². The first-order chi connectivity index (χ1) is 8.44. The Kier molecular flexibility index (Phi) is 5.29. The smallest absolute Gasteiger partial charge is 0.168 e. The standard InChI is InChI=1S/C14H18ClFO2/c1-4-14(3,18-5-2)13(17)9-10-11(15)7-6-8-12(10)16/h6-8H,4-5,9H2,1-3H3. The Bertz CT molecular complexity index is 414. The molecule has 0 spiro atoms. The molecule has 0 N–H and O–H groups in total. The van der Waals surface area contributed by atoms with Crippen molar-refractivity contribution < 1.29 is 13.9 Å². The summed E-state index contributed by atoms with van der Waals surface area (Å²) in [5, 5.41) is 0.276. The summed E-state index contributed by atoms with van der Waals surface area (Å²) in [6.45, 7) is 5.88. The van der Waals surface area contributed by atoms with Crippen LogP contribution in [0.2, 0.25) is 5.02 Å². The lowest BCUT2D eigenvalue weighted by Gasteiger charge is -2.26. The maximum atomic E-state index is 13.6. The molecule has 4 heteroatoms. The lowest BCUT2D eigenvalue weighted by Crippen LogP contribution is -2.39. The molecule has 1 aromatic rings. The van der Waals surface area contributed by atoms with Gasteiger partial charge in [-0.25, -0.2) is 4.39 Å². The van der Waals surface area contributed by atoms with Crippen LogP contribution in [-0.4, -0.2) is 18.0 Å². The molecule has 0 radical (unpaired) electrons. The summed E-state index contributed by atoms with van der Waals surface area (Å²) >= 11 is 5.91. The normalized spacial score (nSPS) is 14.3. The van der Waals surface area contributed by atoms with Gasteiger partial charge in [-0.05, 0) is 32.4 Å². The van der Waals surface area contributed by atoms with Crippen LogP contribution in [0.25, 0.3) is 0 Å². The molecule has 100 valence electrons. The summed E-state index contributed by atoms with van der Waals surface area (Å²) in [4.78, 5) is 12.2. The van der Waals surface area contributed by atoms with Gasteiger partial charge in [-0.1, -0.05) is 24.6 Å². The minimum Gasteiger partial charge on any atom is -0.368 e. The third-order valence-corrected chi connectivity index (χ3v) is 3.48. The van der Waals surface area contributed by atoms with Gasteiger partial charge in [0, 0.05) is 23.6 Å². The molecule has 1 aromatic carbocycles. The molecule has 0 aliphatic carbocycles. The lowest BCUT2D eigenvalue weighted by atomic mass is 9.92. The number of hydrogen-bond donors (Lipinski definition) is 0. The summed E-state index contributed by atoms with van der Waals surface area (Å²) < 4.78 is 19.1. The second-order valence-corrected chi connectivity index (χ2v) is 4.72. The van der Waals surface area contributed by atoms with E-state index in [1.54, 1.807) is 13.0 Å². The SMILES string of the molecule is CCOC(C)(CC)C(=O)Cc1c(F)cccc1Cl. The van der Waals surface area contributed by atoms with E-state index in [9.17, 15) is 9.18 Å². The van der Waals surface area contributed by atoms with E-state index in [-0.39, 0.29) is 22.8 Å². The minimum atomic E-state index is -0.875. The average molecular weight is 273 g/mol. The third-order valence-electron chi connectivity index (χ3n) is 3.13. The predicted molar refractivity (Wildman–Crippen MR) is 70.4 cm³/mol. The number of hydrogen-bond acceptors (Lipinski definition) is 2. The van der Waals surface area contributed by atoms with Crippen LogP contribution in [0, 0.1) is 5.82 Å². The van der Waals surface area contributed by atoms with Crippen LogP contribution in [-0.2, 0) is 16.0 Å². The highest BCUT2D eigenvalue weighted by Gasteiger charge is 2.32. The number of halogens is 2. The molecule has 0 fully saturated rings. The molecule has 0 bridgehead atoms. The van der Waals surface area contributed by atoms with E-state index >= 15 is 0 Å². The van der Waals surface area contributed by atoms with Crippen LogP contribution in [0.1, 0.15) is 32.8 Å². The molecule has 0 aromatic heterocycles. The largest absolute Gasteiger partial charge is 0.368 e. The van der Waals surface area contributed by atoms with Crippen molar-refractivity contribution in [3.05, 3.63) is 34.6 Å². The van der Waals surface area contributed by atoms with Gasteiger partial charge >= 0.3 is 0 Å². The van der Waals surface area contributed by atoms with Crippen LogP contribution in [0.15, 0.2) is 18.2 Å². The summed E-state index contributed by atoms with van der Waals surface area (Å²) in [5.74, 6) is -0.607. The summed E-state index contributed by atoms with van der Waals surface area (Å²) in [5.41, 5.74) is -0.635. The van der Waals surface area contributed by atoms with Crippen molar-refractivity contribution in [3.63, 3.8) is 0 Å². The number of ketones is 1. The Hall–Kier alpha value is -0.930. The van der Waals surface area contributed by atoms with Crippen molar-refractivity contribution in [3.8, 4) is 0 Å². The van der Waals surface area contributed by atoms with Crippen LogP contribution in [0.5, 0.6) is 0 Å². The van der Waals surface area contributed by atoms with Crippen molar-refractivity contribution in [1.82, 2.24) is 0 Å². The first-order valence-electron chi connectivity index (χ1n) is 6.04. The van der Waals surface area contributed by atoms with Gasteiger partial charge in [0.2, 0.25) is 0 Å². The fourth-order valence-corrected chi connectivity index (χ4v) is 1.98. The second-order valence-electron chi connectivity index (χ2n) is 4.32. The van der Waals surface area contributed by atoms with Gasteiger partial charge in [-0.3, -0.25) is 4.79 Å². The topological polar surface area (TPSA) is 26.3 Å². The van der Waals surface area contributed by atoms with Gasteiger partial charge in [-0.2, -0.15) is 0 Å². The quantitative estimate of drug-likeness (QED) is 0.787. The Morgan fingerprint density at radius 1 is 1.44 bits per heavy atom. The lowest BCUT2D eigenvalue weighted by molar-refractivity contribution is -0.141. The molecule has 0 amide bonds. The fraction of sp³-hybridized carbons (Fsp3) is 0.500. The highest BCUT2D eigenvalue weighted by Crippen LogP contribution is 2.24. The Balaban J connectivity index is 2.93. The Morgan fingerprint density at radius 2 is 2.11 bits per heavy atom. The molecular weight excluding hydrogens is 255 g/mol. The Labute approximate surface area is 112 Å². The molecule has 0 aliphatic rings. The maximum Gasteiger partial charge on any atom is 0.168 e. The van der Waals surface area contributed by atoms with Crippen molar-refractivity contribution in [2.75, 3.05) is 6.61 Å². The molecule has 2 nitrogen and oxygen atoms in total. The van der Waals surface area contributed by atoms with Crippen molar-refractivity contribution in [2.45, 2.75) is 39.2 Å². The molecule has 1 atom stereocenters. The first kappa shape index (κ1) is 15.1. The number of carbonyl (C=O) groups is 1. The predicted octanol–water partition coefficient (Wildman–Crippen LogP) is 3.80. The van der Waals surface area contributed by atoms with E-state index in [0.717, 1.165) is 0 Å². The zero-order valence-electron chi connectivity index (χ0n) is 10.9. The maximum absolute atomic E-state index is 13.6. The van der Waals surface area contributed by atoms with Gasteiger partial charge in [0.1, 0.15) is 11.4 Å². The zero-order valence-corrected chi connectivity index (χ0v) is 11.7. The van der Waals surface area contributed by atoms with E-state index in [1.165, 1.54) is 12.1 Å². The molecule has 1 rings (SSSR count). The molecule has 0 saturated carbocycles. The van der Waals surface area contributed by atoms with Crippen LogP contribution >= 0.6 is 11.6 Å². The first-order valence-corrected chi connectivity index (χ1v) is 6.42. The van der Waals surface area contributed by atoms with Gasteiger partial charge in [0.15, 0.2) is 5.78 Å². The molecule has 0 heterocycles. The van der Waals surface area contributed by atoms with Gasteiger partial charge < -0.3 is 4.74 Å². The van der Waals surface area contributed by atoms with E-state index in [0.29, 0.717) is 13.0 Å². The summed E-state index contributed by atoms with van der Waals surface area (Å²) in [7, 11) is 0. The van der Waals surface area contributed by atoms with Crippen LogP contribution < -0.4 is 0 Å². The van der Waals surface area contributed by atoms with E-state index in [4.69, 9.17) is 16.3 Å². The minimum absolute atomic E-state index is 0.0458. The summed E-state index contributed by atoms with van der Waals surface area (Å²) in [6, 6.07) is 4.41. The number of benzene rings is 1. The Morgan fingerprint density at radius 3 is 2.61 bits per heavy atom. The second kappa shape index (κ2) is 6.30. The number of ether oxygens (including phenoxy) is 1. The van der Waals surface area contributed by atoms with E-state index in [1.807, 2.05) is 13.8 Å². The van der Waals surface area contributed by atoms with Gasteiger partial charge in [0.05, 0.1) is 0 Å². The highest BCUT2D eigenvalue weighted by molar-refractivity contribution is 6.31. The number of Topliss-reactive ketones (excluding diaryl/α,β-unsaturated/α-hetero) is 1. The number of carbonyl (C=O) groups excluding carboxylic acids is 1. The molecule has 0 saturated heterocycles. The molecular formula is C14H18ClFO2. The molecule has 18 heavy (non-hydrogen) atoms. The molecule has 0 aliphatic heterocycles. The monoisotopic (exact) mass is 272 g/mol. The van der Waals surface area contributed by atoms with Crippen LogP contribution in [0.4, 0.5) is 4.39 Å².